The van der Waals surface area contributed by atoms with Crippen molar-refractivity contribution in [2.24, 2.45) is 5.73 Å². The molecule has 0 bridgehead atoms. The molecule has 18 heavy (non-hydrogen) atoms. The molecule has 1 aromatic rings. The van der Waals surface area contributed by atoms with Crippen LogP contribution in [0.4, 0.5) is 0 Å². The summed E-state index contributed by atoms with van der Waals surface area (Å²) in [5.41, 5.74) is 9.03. The van der Waals surface area contributed by atoms with Gasteiger partial charge in [-0.15, -0.1) is 0 Å². The Morgan fingerprint density at radius 3 is 1.94 bits per heavy atom. The zero-order valence-corrected chi connectivity index (χ0v) is 12.4. The van der Waals surface area contributed by atoms with E-state index in [1.54, 1.807) is 13.8 Å². The van der Waals surface area contributed by atoms with Gasteiger partial charge in [-0.2, -0.15) is 0 Å². The van der Waals surface area contributed by atoms with Crippen molar-refractivity contribution in [2.75, 3.05) is 13.2 Å². The second-order valence-corrected chi connectivity index (χ2v) is 6.39. The van der Waals surface area contributed by atoms with Crippen molar-refractivity contribution in [3.8, 4) is 0 Å². The van der Waals surface area contributed by atoms with Gasteiger partial charge in [0.1, 0.15) is 5.78 Å². The topological polar surface area (TPSA) is 61.5 Å². The van der Waals surface area contributed by atoms with Crippen molar-refractivity contribution >= 4 is 7.60 Å². The Hall–Kier alpha value is -0.670. The molecule has 1 atom stereocenters. The molecule has 0 radical (unpaired) electrons. The van der Waals surface area contributed by atoms with Gasteiger partial charge in [0.15, 0.2) is 0 Å². The molecule has 1 rings (SSSR count). The van der Waals surface area contributed by atoms with Gasteiger partial charge in [-0.1, -0.05) is 29.3 Å². The first kappa shape index (κ1) is 15.4. The molecule has 0 saturated carbocycles. The van der Waals surface area contributed by atoms with Gasteiger partial charge < -0.3 is 14.8 Å². The molecule has 1 aromatic carbocycles. The molecular weight excluding hydrogens is 249 g/mol. The van der Waals surface area contributed by atoms with Crippen LogP contribution in [-0.2, 0) is 13.6 Å². The van der Waals surface area contributed by atoms with E-state index in [2.05, 4.69) is 0 Å². The molecule has 0 aliphatic rings. The monoisotopic (exact) mass is 271 g/mol. The fraction of sp³-hybridized carbons (Fsp3) is 0.538. The van der Waals surface area contributed by atoms with Crippen LogP contribution >= 0.6 is 7.60 Å². The smallest absolute Gasteiger partial charge is 0.314 e. The van der Waals surface area contributed by atoms with Crippen molar-refractivity contribution in [1.82, 2.24) is 0 Å². The van der Waals surface area contributed by atoms with Crippen LogP contribution in [0.25, 0.3) is 0 Å². The fourth-order valence-electron chi connectivity index (χ4n) is 1.92. The summed E-state index contributed by atoms with van der Waals surface area (Å²) < 4.78 is 23.1. The van der Waals surface area contributed by atoms with Crippen LogP contribution in [0.15, 0.2) is 18.2 Å². The lowest BCUT2D eigenvalue weighted by Gasteiger charge is -2.24. The third-order valence-corrected chi connectivity index (χ3v) is 4.76. The second kappa shape index (κ2) is 6.48. The van der Waals surface area contributed by atoms with E-state index in [0.717, 1.165) is 16.7 Å². The molecule has 0 amide bonds. The van der Waals surface area contributed by atoms with Gasteiger partial charge >= 0.3 is 7.60 Å². The van der Waals surface area contributed by atoms with Crippen LogP contribution < -0.4 is 5.73 Å². The van der Waals surface area contributed by atoms with Crippen LogP contribution in [-0.4, -0.2) is 13.2 Å². The summed E-state index contributed by atoms with van der Waals surface area (Å²) in [6.45, 7) is 8.15. The summed E-state index contributed by atoms with van der Waals surface area (Å²) in [4.78, 5) is 0. The third-order valence-electron chi connectivity index (χ3n) is 2.54. The molecule has 0 aromatic heterocycles. The van der Waals surface area contributed by atoms with Gasteiger partial charge in [-0.05, 0) is 33.3 Å². The molecule has 0 heterocycles. The first-order valence-corrected chi connectivity index (χ1v) is 7.76. The highest BCUT2D eigenvalue weighted by molar-refractivity contribution is 7.54. The molecule has 4 nitrogen and oxygen atoms in total. The van der Waals surface area contributed by atoms with Gasteiger partial charge in [0.25, 0.3) is 0 Å². The maximum Gasteiger partial charge on any atom is 0.351 e. The Balaban J connectivity index is 3.09. The highest BCUT2D eigenvalue weighted by atomic mass is 31.2. The molecular formula is C13H22NO3P. The van der Waals surface area contributed by atoms with Crippen LogP contribution in [0.5, 0.6) is 0 Å². The van der Waals surface area contributed by atoms with E-state index in [1.807, 2.05) is 32.0 Å². The van der Waals surface area contributed by atoms with E-state index in [9.17, 15) is 4.57 Å². The lowest BCUT2D eigenvalue weighted by molar-refractivity contribution is 0.212. The van der Waals surface area contributed by atoms with Crippen LogP contribution in [0.3, 0.4) is 0 Å². The quantitative estimate of drug-likeness (QED) is 0.804. The maximum absolute atomic E-state index is 12.6. The zero-order valence-electron chi connectivity index (χ0n) is 11.5. The molecule has 0 spiro atoms. The minimum absolute atomic E-state index is 0.315. The van der Waals surface area contributed by atoms with Gasteiger partial charge in [-0.25, -0.2) is 0 Å². The zero-order chi connectivity index (χ0) is 13.8. The minimum atomic E-state index is -3.29. The number of rotatable bonds is 6. The Morgan fingerprint density at radius 2 is 1.56 bits per heavy atom. The number of aryl methyl sites for hydroxylation is 2. The normalized spacial score (nSPS) is 13.6. The van der Waals surface area contributed by atoms with Crippen LogP contribution in [0, 0.1) is 13.8 Å². The molecule has 0 aliphatic heterocycles. The van der Waals surface area contributed by atoms with Crippen molar-refractivity contribution in [3.63, 3.8) is 0 Å². The highest BCUT2D eigenvalue weighted by Crippen LogP contribution is 2.58. The van der Waals surface area contributed by atoms with Crippen molar-refractivity contribution in [3.05, 3.63) is 34.9 Å². The summed E-state index contributed by atoms with van der Waals surface area (Å²) in [6, 6.07) is 5.88. The summed E-state index contributed by atoms with van der Waals surface area (Å²) in [5, 5.41) is 0. The molecule has 0 unspecified atom stereocenters. The van der Waals surface area contributed by atoms with E-state index in [4.69, 9.17) is 14.8 Å². The highest BCUT2D eigenvalue weighted by Gasteiger charge is 2.33. The predicted molar refractivity (Wildman–Crippen MR) is 73.7 cm³/mol. The van der Waals surface area contributed by atoms with Gasteiger partial charge in [0.05, 0.1) is 13.2 Å². The molecule has 0 saturated heterocycles. The Kier molecular flexibility index (Phi) is 5.54. The van der Waals surface area contributed by atoms with E-state index in [0.29, 0.717) is 13.2 Å². The average molecular weight is 271 g/mol. The first-order chi connectivity index (χ1) is 8.42. The maximum atomic E-state index is 12.6. The molecule has 5 heteroatoms. The average Bonchev–Trinajstić information content (AvgIpc) is 2.27. The van der Waals surface area contributed by atoms with Crippen LogP contribution in [0.1, 0.15) is 36.3 Å². The Morgan fingerprint density at radius 1 is 1.11 bits per heavy atom. The van der Waals surface area contributed by atoms with Crippen LogP contribution in [0.2, 0.25) is 0 Å². The summed E-state index contributed by atoms with van der Waals surface area (Å²) >= 11 is 0. The number of hydrogen-bond donors (Lipinski definition) is 1. The van der Waals surface area contributed by atoms with Gasteiger partial charge in [0.2, 0.25) is 0 Å². The van der Waals surface area contributed by atoms with E-state index >= 15 is 0 Å². The Bertz CT molecular complexity index is 418. The Labute approximate surface area is 109 Å². The van der Waals surface area contributed by atoms with Crippen molar-refractivity contribution in [2.45, 2.75) is 33.5 Å². The molecule has 2 N–H and O–H groups in total. The van der Waals surface area contributed by atoms with Gasteiger partial charge in [0, 0.05) is 0 Å². The SMILES string of the molecule is CCOP(=O)(OCC)[C@H](N)c1cc(C)cc(C)c1. The fourth-order valence-corrected chi connectivity index (χ4v) is 3.55. The number of benzene rings is 1. The molecule has 102 valence electrons. The summed E-state index contributed by atoms with van der Waals surface area (Å²) in [5.74, 6) is -0.740. The third kappa shape index (κ3) is 3.66. The minimum Gasteiger partial charge on any atom is -0.314 e. The summed E-state index contributed by atoms with van der Waals surface area (Å²) in [6.07, 6.45) is 0. The van der Waals surface area contributed by atoms with Crippen molar-refractivity contribution in [1.29, 1.82) is 0 Å². The largest absolute Gasteiger partial charge is 0.351 e. The molecule has 0 aliphatic carbocycles. The van der Waals surface area contributed by atoms with Crippen molar-refractivity contribution < 1.29 is 13.6 Å². The summed E-state index contributed by atoms with van der Waals surface area (Å²) in [7, 11) is -3.29. The predicted octanol–water partition coefficient (Wildman–Crippen LogP) is 3.53. The van der Waals surface area contributed by atoms with Gasteiger partial charge in [-0.3, -0.25) is 4.57 Å². The van der Waals surface area contributed by atoms with E-state index in [1.165, 1.54) is 0 Å². The van der Waals surface area contributed by atoms with E-state index < -0.39 is 13.4 Å². The first-order valence-electron chi connectivity index (χ1n) is 6.15. The molecule has 0 fully saturated rings. The lowest BCUT2D eigenvalue weighted by atomic mass is 10.1. The number of nitrogens with two attached hydrogens (primary N) is 1. The number of hydrogen-bond acceptors (Lipinski definition) is 4. The lowest BCUT2D eigenvalue weighted by Crippen LogP contribution is -2.15. The van der Waals surface area contributed by atoms with E-state index in [-0.39, 0.29) is 0 Å². The second-order valence-electron chi connectivity index (χ2n) is 4.24. The standard InChI is InChI=1S/C13H22NO3P/c1-5-16-18(15,17-6-2)13(14)12-8-10(3)7-11(4)9-12/h7-9,13H,5-6,14H2,1-4H3/t13-/m0/s1.